The number of allylic oxidation sites excluding steroid dienone is 1. The van der Waals surface area contributed by atoms with Crippen LogP contribution < -0.4 is 20.1 Å². The summed E-state index contributed by atoms with van der Waals surface area (Å²) in [5.41, 5.74) is 5.88. The summed E-state index contributed by atoms with van der Waals surface area (Å²) in [7, 11) is 3.18. The van der Waals surface area contributed by atoms with Crippen molar-refractivity contribution in [2.45, 2.75) is 37.7 Å². The predicted molar refractivity (Wildman–Crippen MR) is 160 cm³/mol. The van der Waals surface area contributed by atoms with Gasteiger partial charge in [-0.05, 0) is 67.3 Å². The summed E-state index contributed by atoms with van der Waals surface area (Å²) in [6, 6.07) is 18.6. The molecule has 2 N–H and O–H groups in total. The van der Waals surface area contributed by atoms with Gasteiger partial charge >= 0.3 is 0 Å². The van der Waals surface area contributed by atoms with Gasteiger partial charge in [-0.2, -0.15) is 4.98 Å². The topological polar surface area (TPSA) is 90.3 Å². The van der Waals surface area contributed by atoms with Crippen LogP contribution in [-0.4, -0.2) is 34.9 Å². The molecule has 4 aromatic rings. The van der Waals surface area contributed by atoms with Crippen molar-refractivity contribution in [2.24, 2.45) is 0 Å². The number of aromatic nitrogens is 3. The molecule has 40 heavy (non-hydrogen) atoms. The zero-order valence-electron chi connectivity index (χ0n) is 22.9. The Labute approximate surface area is 242 Å². The number of nitrogens with one attached hydrogen (secondary N) is 2. The minimum atomic E-state index is -0.566. The van der Waals surface area contributed by atoms with Crippen LogP contribution in [-0.2, 0) is 10.5 Å². The quantitative estimate of drug-likeness (QED) is 0.224. The maximum absolute atomic E-state index is 13.9. The van der Waals surface area contributed by atoms with Crippen LogP contribution in [0.15, 0.2) is 77.1 Å². The Kier molecular flexibility index (Phi) is 8.04. The Morgan fingerprint density at radius 2 is 1.82 bits per heavy atom. The highest BCUT2D eigenvalue weighted by atomic mass is 35.5. The van der Waals surface area contributed by atoms with Crippen LogP contribution in [0.1, 0.15) is 35.2 Å². The van der Waals surface area contributed by atoms with Crippen LogP contribution in [0.2, 0.25) is 5.02 Å². The van der Waals surface area contributed by atoms with E-state index in [4.69, 9.17) is 31.2 Å². The zero-order valence-corrected chi connectivity index (χ0v) is 24.5. The van der Waals surface area contributed by atoms with Crippen molar-refractivity contribution >= 4 is 40.9 Å². The lowest BCUT2D eigenvalue weighted by Gasteiger charge is -2.29. The van der Waals surface area contributed by atoms with Crippen molar-refractivity contribution < 1.29 is 14.3 Å². The molecule has 0 aliphatic carbocycles. The molecule has 1 aliphatic rings. The number of carbonyl (C=O) groups excluding carboxylic acids is 1. The summed E-state index contributed by atoms with van der Waals surface area (Å²) in [5, 5.41) is 12.5. The maximum atomic E-state index is 13.9. The average molecular weight is 576 g/mol. The van der Waals surface area contributed by atoms with Gasteiger partial charge in [0.25, 0.3) is 5.91 Å². The van der Waals surface area contributed by atoms with E-state index in [1.807, 2.05) is 81.4 Å². The number of anilines is 2. The summed E-state index contributed by atoms with van der Waals surface area (Å²) in [5.74, 6) is 2.07. The lowest BCUT2D eigenvalue weighted by Crippen LogP contribution is -2.31. The van der Waals surface area contributed by atoms with E-state index in [1.54, 1.807) is 18.9 Å². The SMILES string of the molecule is COc1ccc(C2C(C(=O)Nc3cccc(C)c3C)=C(C)Nc3nc(SCc4ccccc4Cl)nn32)cc1OC. The molecule has 1 aliphatic heterocycles. The maximum Gasteiger partial charge on any atom is 0.255 e. The second-order valence-corrected chi connectivity index (χ2v) is 10.8. The Hall–Kier alpha value is -3.95. The van der Waals surface area contributed by atoms with Gasteiger partial charge in [-0.25, -0.2) is 4.68 Å². The van der Waals surface area contributed by atoms with Gasteiger partial charge < -0.3 is 20.1 Å². The van der Waals surface area contributed by atoms with Crippen LogP contribution in [0.25, 0.3) is 0 Å². The smallest absolute Gasteiger partial charge is 0.255 e. The first-order chi connectivity index (χ1) is 19.3. The molecule has 0 radical (unpaired) electrons. The van der Waals surface area contributed by atoms with Gasteiger partial charge in [0.2, 0.25) is 11.1 Å². The number of carbonyl (C=O) groups is 1. The zero-order chi connectivity index (χ0) is 28.4. The molecular weight excluding hydrogens is 546 g/mol. The molecule has 0 saturated carbocycles. The number of aryl methyl sites for hydroxylation is 1. The molecule has 10 heteroatoms. The predicted octanol–water partition coefficient (Wildman–Crippen LogP) is 6.79. The third-order valence-electron chi connectivity index (χ3n) is 6.97. The van der Waals surface area contributed by atoms with Crippen LogP contribution in [0.3, 0.4) is 0 Å². The number of rotatable bonds is 8. The third-order valence-corrected chi connectivity index (χ3v) is 8.22. The molecular formula is C30H30ClN5O3S. The van der Waals surface area contributed by atoms with Crippen molar-refractivity contribution in [1.82, 2.24) is 14.8 Å². The van der Waals surface area contributed by atoms with Crippen LogP contribution >= 0.6 is 23.4 Å². The van der Waals surface area contributed by atoms with E-state index in [0.717, 1.165) is 27.9 Å². The standard InChI is InChI=1S/C30H30ClN5O3S/c1-17-9-8-12-23(18(17)2)33-28(37)26-19(3)32-29-34-30(40-16-21-10-6-7-11-22(21)31)35-36(29)27(26)20-13-14-24(38-4)25(15-20)39-5/h6-15,27H,16H2,1-5H3,(H,33,37)(H,32,34,35). The van der Waals surface area contributed by atoms with E-state index in [1.165, 1.54) is 11.8 Å². The summed E-state index contributed by atoms with van der Waals surface area (Å²) in [6.07, 6.45) is 0. The second-order valence-electron chi connectivity index (χ2n) is 9.42. The number of benzene rings is 3. The fourth-order valence-electron chi connectivity index (χ4n) is 4.65. The van der Waals surface area contributed by atoms with Crippen molar-refractivity contribution in [2.75, 3.05) is 24.9 Å². The van der Waals surface area contributed by atoms with E-state index in [-0.39, 0.29) is 5.91 Å². The number of thioether (sulfide) groups is 1. The Balaban J connectivity index is 1.55. The van der Waals surface area contributed by atoms with E-state index < -0.39 is 6.04 Å². The minimum Gasteiger partial charge on any atom is -0.493 e. The van der Waals surface area contributed by atoms with Gasteiger partial charge in [0, 0.05) is 22.2 Å². The Morgan fingerprint density at radius 1 is 1.05 bits per heavy atom. The van der Waals surface area contributed by atoms with Gasteiger partial charge in [-0.1, -0.05) is 59.8 Å². The molecule has 1 unspecified atom stereocenters. The highest BCUT2D eigenvalue weighted by Gasteiger charge is 2.35. The second kappa shape index (κ2) is 11.7. The lowest BCUT2D eigenvalue weighted by atomic mass is 9.94. The van der Waals surface area contributed by atoms with E-state index in [2.05, 4.69) is 10.6 Å². The largest absolute Gasteiger partial charge is 0.493 e. The first-order valence-corrected chi connectivity index (χ1v) is 14.1. The monoisotopic (exact) mass is 575 g/mol. The van der Waals surface area contributed by atoms with Crippen molar-refractivity contribution in [3.63, 3.8) is 0 Å². The van der Waals surface area contributed by atoms with Crippen LogP contribution in [0.4, 0.5) is 11.6 Å². The van der Waals surface area contributed by atoms with Gasteiger partial charge in [0.15, 0.2) is 11.5 Å². The molecule has 0 fully saturated rings. The van der Waals surface area contributed by atoms with Gasteiger partial charge in [-0.3, -0.25) is 4.79 Å². The number of ether oxygens (including phenoxy) is 2. The Morgan fingerprint density at radius 3 is 2.58 bits per heavy atom. The van der Waals surface area contributed by atoms with E-state index in [0.29, 0.717) is 44.6 Å². The number of hydrogen-bond acceptors (Lipinski definition) is 7. The molecule has 206 valence electrons. The summed E-state index contributed by atoms with van der Waals surface area (Å²) < 4.78 is 12.8. The van der Waals surface area contributed by atoms with Gasteiger partial charge in [0.1, 0.15) is 6.04 Å². The third kappa shape index (κ3) is 5.39. The summed E-state index contributed by atoms with van der Waals surface area (Å²) >= 11 is 7.84. The average Bonchev–Trinajstić information content (AvgIpc) is 3.36. The molecule has 0 saturated heterocycles. The minimum absolute atomic E-state index is 0.232. The number of halogens is 1. The first kappa shape index (κ1) is 27.6. The molecule has 3 aromatic carbocycles. The van der Waals surface area contributed by atoms with Gasteiger partial charge in [0.05, 0.1) is 19.8 Å². The molecule has 0 bridgehead atoms. The lowest BCUT2D eigenvalue weighted by molar-refractivity contribution is -0.113. The molecule has 1 atom stereocenters. The van der Waals surface area contributed by atoms with Gasteiger partial charge in [-0.15, -0.1) is 5.10 Å². The molecule has 0 spiro atoms. The first-order valence-electron chi connectivity index (χ1n) is 12.7. The summed E-state index contributed by atoms with van der Waals surface area (Å²) in [4.78, 5) is 18.7. The van der Waals surface area contributed by atoms with Crippen molar-refractivity contribution in [3.8, 4) is 11.5 Å². The highest BCUT2D eigenvalue weighted by molar-refractivity contribution is 7.98. The normalized spacial score (nSPS) is 14.4. The van der Waals surface area contributed by atoms with Crippen molar-refractivity contribution in [1.29, 1.82) is 0 Å². The number of nitrogens with zero attached hydrogens (tertiary/aromatic N) is 3. The molecule has 2 heterocycles. The van der Waals surface area contributed by atoms with E-state index in [9.17, 15) is 4.79 Å². The van der Waals surface area contributed by atoms with E-state index >= 15 is 0 Å². The number of methoxy groups -OCH3 is 2. The molecule has 8 nitrogen and oxygen atoms in total. The molecule has 5 rings (SSSR count). The van der Waals surface area contributed by atoms with Crippen molar-refractivity contribution in [3.05, 3.63) is 99.2 Å². The highest BCUT2D eigenvalue weighted by Crippen LogP contribution is 2.40. The number of hydrogen-bond donors (Lipinski definition) is 2. The fourth-order valence-corrected chi connectivity index (χ4v) is 5.77. The summed E-state index contributed by atoms with van der Waals surface area (Å²) in [6.45, 7) is 5.89. The molecule has 1 aromatic heterocycles. The van der Waals surface area contributed by atoms with Crippen LogP contribution in [0, 0.1) is 13.8 Å². The number of fused-ring (bicyclic) bond motifs is 1. The number of amides is 1. The van der Waals surface area contributed by atoms with Crippen LogP contribution in [0.5, 0.6) is 11.5 Å². The Bertz CT molecular complexity index is 1620. The molecule has 1 amide bonds. The fraction of sp³-hybridized carbons (Fsp3) is 0.233.